The maximum atomic E-state index is 14.3. The minimum absolute atomic E-state index is 0.0423. The molecular formula is C22H19BrClFN4O2. The molecule has 1 N–H and O–H groups in total. The van der Waals surface area contributed by atoms with Crippen molar-refractivity contribution < 1.29 is 14.0 Å². The normalized spacial score (nSPS) is 15.9. The van der Waals surface area contributed by atoms with Gasteiger partial charge in [0.2, 0.25) is 5.88 Å². The maximum absolute atomic E-state index is 14.3. The summed E-state index contributed by atoms with van der Waals surface area (Å²) < 4.78 is 21.1. The molecule has 160 valence electrons. The van der Waals surface area contributed by atoms with Crippen LogP contribution in [0.2, 0.25) is 5.02 Å². The number of ether oxygens (including phenoxy) is 1. The molecule has 0 bridgehead atoms. The van der Waals surface area contributed by atoms with Crippen molar-refractivity contribution in [3.63, 3.8) is 0 Å². The van der Waals surface area contributed by atoms with Gasteiger partial charge in [0, 0.05) is 4.47 Å². The van der Waals surface area contributed by atoms with E-state index >= 15 is 0 Å². The van der Waals surface area contributed by atoms with E-state index in [1.54, 1.807) is 19.1 Å². The predicted molar refractivity (Wildman–Crippen MR) is 120 cm³/mol. The fourth-order valence-electron chi connectivity index (χ4n) is 3.14. The first kappa shape index (κ1) is 21.7. The Morgan fingerprint density at radius 1 is 1.23 bits per heavy atom. The number of nitrogens with one attached hydrogen (secondary N) is 1. The lowest BCUT2D eigenvalue weighted by Crippen LogP contribution is -2.37. The van der Waals surface area contributed by atoms with Gasteiger partial charge in [0.15, 0.2) is 17.4 Å². The quantitative estimate of drug-likeness (QED) is 0.507. The molecule has 0 fully saturated rings. The zero-order valence-electron chi connectivity index (χ0n) is 16.8. The van der Waals surface area contributed by atoms with Crippen LogP contribution in [0.3, 0.4) is 0 Å². The molecule has 4 rings (SSSR count). The van der Waals surface area contributed by atoms with Gasteiger partial charge >= 0.3 is 0 Å². The van der Waals surface area contributed by atoms with Crippen LogP contribution >= 0.6 is 27.5 Å². The van der Waals surface area contributed by atoms with Gasteiger partial charge in [-0.25, -0.2) is 9.87 Å². The lowest BCUT2D eigenvalue weighted by atomic mass is 10.0. The number of rotatable bonds is 5. The molecular weight excluding hydrogens is 487 g/mol. The smallest absolute Gasteiger partial charge is 0.250 e. The van der Waals surface area contributed by atoms with Gasteiger partial charge in [0.25, 0.3) is 0 Å². The summed E-state index contributed by atoms with van der Waals surface area (Å²) in [5.74, 6) is -0.188. The Balaban J connectivity index is 1.64. The first-order valence-corrected chi connectivity index (χ1v) is 10.7. The lowest BCUT2D eigenvalue weighted by molar-refractivity contribution is 0.0623. The minimum Gasteiger partial charge on any atom is -0.434 e. The largest absolute Gasteiger partial charge is 0.434 e. The number of aliphatic imine (C=N–C) groups is 1. The first-order valence-electron chi connectivity index (χ1n) is 9.58. The van der Waals surface area contributed by atoms with E-state index in [0.717, 1.165) is 10.0 Å². The molecule has 1 aliphatic rings. The molecule has 1 aliphatic heterocycles. The van der Waals surface area contributed by atoms with Gasteiger partial charge in [-0.3, -0.25) is 9.83 Å². The van der Waals surface area contributed by atoms with E-state index in [1.165, 1.54) is 17.7 Å². The molecule has 0 amide bonds. The van der Waals surface area contributed by atoms with Crippen molar-refractivity contribution in [1.82, 2.24) is 15.7 Å². The number of aryl methyl sites for hydroxylation is 2. The van der Waals surface area contributed by atoms with Crippen LogP contribution in [-0.2, 0) is 11.3 Å². The topological polar surface area (TPSA) is 68.6 Å². The number of benzene rings is 2. The highest BCUT2D eigenvalue weighted by atomic mass is 79.9. The van der Waals surface area contributed by atoms with E-state index in [4.69, 9.17) is 26.2 Å². The van der Waals surface area contributed by atoms with E-state index in [-0.39, 0.29) is 22.7 Å². The van der Waals surface area contributed by atoms with Gasteiger partial charge in [-0.05, 0) is 55.7 Å². The van der Waals surface area contributed by atoms with Crippen LogP contribution in [0.15, 0.2) is 51.9 Å². The second kappa shape index (κ2) is 9.30. The number of nitrogens with zero attached hydrogens (tertiary/aromatic N) is 3. The van der Waals surface area contributed by atoms with Gasteiger partial charge in [-0.2, -0.15) is 5.10 Å². The zero-order chi connectivity index (χ0) is 22.0. The van der Waals surface area contributed by atoms with Gasteiger partial charge in [0.05, 0.1) is 28.9 Å². The van der Waals surface area contributed by atoms with E-state index < -0.39 is 5.82 Å². The number of hydrogen-bond acceptors (Lipinski definition) is 6. The molecule has 0 spiro atoms. The summed E-state index contributed by atoms with van der Waals surface area (Å²) in [4.78, 5) is 10.4. The number of hydroxylamine groups is 1. The monoisotopic (exact) mass is 504 g/mol. The maximum Gasteiger partial charge on any atom is 0.250 e. The van der Waals surface area contributed by atoms with E-state index in [2.05, 4.69) is 49.8 Å². The Bertz CT molecular complexity index is 1160. The summed E-state index contributed by atoms with van der Waals surface area (Å²) in [7, 11) is 0. The summed E-state index contributed by atoms with van der Waals surface area (Å²) >= 11 is 9.48. The number of amidine groups is 1. The van der Waals surface area contributed by atoms with Gasteiger partial charge in [-0.1, -0.05) is 45.7 Å². The number of hydrogen-bond donors (Lipinski definition) is 1. The molecule has 1 atom stereocenters. The molecule has 6 nitrogen and oxygen atoms in total. The minimum atomic E-state index is -0.672. The SMILES string of the molecule is Cc1ccc(CC2CONC(c3cc(C)nnc3Oc3cccc(Cl)c3F)=N2)c(Br)c1. The van der Waals surface area contributed by atoms with Gasteiger partial charge < -0.3 is 4.74 Å². The Hall–Kier alpha value is -2.55. The van der Waals surface area contributed by atoms with E-state index in [1.807, 2.05) is 6.92 Å². The second-order valence-electron chi connectivity index (χ2n) is 7.20. The fourth-order valence-corrected chi connectivity index (χ4v) is 3.96. The highest BCUT2D eigenvalue weighted by molar-refractivity contribution is 9.10. The van der Waals surface area contributed by atoms with Crippen LogP contribution in [0.25, 0.3) is 0 Å². The van der Waals surface area contributed by atoms with Crippen molar-refractivity contribution in [2.24, 2.45) is 4.99 Å². The summed E-state index contributed by atoms with van der Waals surface area (Å²) in [6, 6.07) is 12.3. The third kappa shape index (κ3) is 5.03. The Morgan fingerprint density at radius 3 is 2.87 bits per heavy atom. The average Bonchev–Trinajstić information content (AvgIpc) is 2.75. The molecule has 2 aromatic carbocycles. The van der Waals surface area contributed by atoms with Crippen molar-refractivity contribution >= 4 is 33.4 Å². The van der Waals surface area contributed by atoms with Crippen molar-refractivity contribution in [2.45, 2.75) is 26.3 Å². The predicted octanol–water partition coefficient (Wildman–Crippen LogP) is 5.33. The average molecular weight is 506 g/mol. The van der Waals surface area contributed by atoms with Crippen molar-refractivity contribution in [2.75, 3.05) is 6.61 Å². The van der Waals surface area contributed by atoms with Crippen LogP contribution in [-0.4, -0.2) is 28.7 Å². The lowest BCUT2D eigenvalue weighted by Gasteiger charge is -2.23. The third-order valence-electron chi connectivity index (χ3n) is 4.68. The Morgan fingerprint density at radius 2 is 2.06 bits per heavy atom. The van der Waals surface area contributed by atoms with E-state index in [9.17, 15) is 4.39 Å². The molecule has 1 aromatic heterocycles. The summed E-state index contributed by atoms with van der Waals surface area (Å²) in [5, 5.41) is 8.07. The molecule has 2 heterocycles. The van der Waals surface area contributed by atoms with Crippen LogP contribution in [0, 0.1) is 19.7 Å². The highest BCUT2D eigenvalue weighted by Gasteiger charge is 2.23. The Kier molecular flexibility index (Phi) is 6.50. The van der Waals surface area contributed by atoms with Crippen molar-refractivity contribution in [3.8, 4) is 11.6 Å². The first-order chi connectivity index (χ1) is 14.9. The highest BCUT2D eigenvalue weighted by Crippen LogP contribution is 2.30. The molecule has 31 heavy (non-hydrogen) atoms. The molecule has 9 heteroatoms. The number of aromatic nitrogens is 2. The zero-order valence-corrected chi connectivity index (χ0v) is 19.2. The fraction of sp³-hybridized carbons (Fsp3) is 0.227. The van der Waals surface area contributed by atoms with E-state index in [0.29, 0.717) is 30.1 Å². The van der Waals surface area contributed by atoms with Crippen LogP contribution in [0.5, 0.6) is 11.6 Å². The van der Waals surface area contributed by atoms with Crippen molar-refractivity contribution in [1.29, 1.82) is 0 Å². The second-order valence-corrected chi connectivity index (χ2v) is 8.46. The standard InChI is InChI=1S/C22H19BrClFN4O2/c1-12-6-7-14(17(23)8-12)10-15-11-30-29-21(26-15)16-9-13(2)27-28-22(16)31-19-5-3-4-18(24)20(19)25/h3-9,15H,10-11H2,1-2H3,(H,26,29). The summed E-state index contributed by atoms with van der Waals surface area (Å²) in [6.45, 7) is 4.24. The summed E-state index contributed by atoms with van der Waals surface area (Å²) in [5.41, 5.74) is 6.30. The molecule has 0 saturated heterocycles. The Labute approximate surface area is 192 Å². The molecule has 0 saturated carbocycles. The number of halogens is 3. The van der Waals surface area contributed by atoms with Crippen LogP contribution in [0.1, 0.15) is 22.4 Å². The molecule has 0 aliphatic carbocycles. The van der Waals surface area contributed by atoms with Gasteiger partial charge in [-0.15, -0.1) is 5.10 Å². The van der Waals surface area contributed by atoms with Gasteiger partial charge in [0.1, 0.15) is 0 Å². The molecule has 1 unspecified atom stereocenters. The van der Waals surface area contributed by atoms with Crippen LogP contribution < -0.4 is 10.2 Å². The van der Waals surface area contributed by atoms with Crippen molar-refractivity contribution in [3.05, 3.63) is 80.2 Å². The third-order valence-corrected chi connectivity index (χ3v) is 5.71. The molecule has 0 radical (unpaired) electrons. The molecule has 3 aromatic rings. The van der Waals surface area contributed by atoms with Crippen LogP contribution in [0.4, 0.5) is 4.39 Å². The summed E-state index contributed by atoms with van der Waals surface area (Å²) in [6.07, 6.45) is 0.683.